The van der Waals surface area contributed by atoms with Crippen molar-refractivity contribution in [2.45, 2.75) is 57.8 Å². The summed E-state index contributed by atoms with van der Waals surface area (Å²) in [6, 6.07) is 10.5. The van der Waals surface area contributed by atoms with Gasteiger partial charge in [-0.2, -0.15) is 0 Å². The Balaban J connectivity index is 0.00000353. The minimum Gasteiger partial charge on any atom is -0.374 e. The number of imidazole rings is 1. The van der Waals surface area contributed by atoms with E-state index in [1.165, 1.54) is 37.0 Å². The Kier molecular flexibility index (Phi) is 13.9. The standard InChI is InChI=1S/C31H38F2N6O4.2ClH/c1-20-11-13-38(14-12-20)29(41)27(22-9-10-23(32)24(33)15-22)39-16-26(35-19-39)37-28(40)25(36-30(42)31(2,3)34)18-43-17-21-7-5-4-6-8-21;;/h4-10,15-16,19-20,25,27H,11-14,17-18,34H2,1-3H3,(H,36,42)(H,37,40);2*1H/t25-,27?;;/m1../s1. The van der Waals surface area contributed by atoms with Crippen molar-refractivity contribution in [1.29, 1.82) is 0 Å². The molecule has 2 aromatic carbocycles. The number of hydrogen-bond acceptors (Lipinski definition) is 6. The molecule has 1 unspecified atom stereocenters. The zero-order valence-electron chi connectivity index (χ0n) is 25.4. The molecule has 3 aromatic rings. The molecule has 1 aliphatic rings. The molecule has 1 saturated heterocycles. The number of rotatable bonds is 11. The third-order valence-corrected chi connectivity index (χ3v) is 7.34. The number of piperidine rings is 1. The lowest BCUT2D eigenvalue weighted by molar-refractivity contribution is -0.135. The molecule has 3 amide bonds. The van der Waals surface area contributed by atoms with Gasteiger partial charge in [-0.1, -0.05) is 43.3 Å². The number of halogens is 4. The van der Waals surface area contributed by atoms with Gasteiger partial charge < -0.3 is 30.6 Å². The van der Waals surface area contributed by atoms with Crippen molar-refractivity contribution in [3.05, 3.63) is 83.8 Å². The first-order chi connectivity index (χ1) is 20.4. The van der Waals surface area contributed by atoms with Crippen molar-refractivity contribution in [2.24, 2.45) is 11.7 Å². The number of nitrogens with two attached hydrogens (primary N) is 1. The van der Waals surface area contributed by atoms with E-state index in [1.54, 1.807) is 4.90 Å². The van der Waals surface area contributed by atoms with Gasteiger partial charge in [0.2, 0.25) is 11.8 Å². The Morgan fingerprint density at radius 2 is 1.73 bits per heavy atom. The van der Waals surface area contributed by atoms with E-state index in [-0.39, 0.29) is 55.3 Å². The number of hydrogen-bond donors (Lipinski definition) is 3. The van der Waals surface area contributed by atoms with Gasteiger partial charge >= 0.3 is 0 Å². The number of carbonyl (C=O) groups is 3. The van der Waals surface area contributed by atoms with Gasteiger partial charge in [0, 0.05) is 19.3 Å². The largest absolute Gasteiger partial charge is 0.374 e. The Labute approximate surface area is 273 Å². The van der Waals surface area contributed by atoms with Crippen molar-refractivity contribution in [2.75, 3.05) is 25.0 Å². The molecule has 1 aromatic heterocycles. The summed E-state index contributed by atoms with van der Waals surface area (Å²) in [5, 5.41) is 5.28. The zero-order chi connectivity index (χ0) is 31.1. The minimum atomic E-state index is -1.25. The average Bonchev–Trinajstić information content (AvgIpc) is 3.42. The van der Waals surface area contributed by atoms with Crippen LogP contribution in [0.25, 0.3) is 0 Å². The maximum Gasteiger partial charge on any atom is 0.250 e. The summed E-state index contributed by atoms with van der Waals surface area (Å²) in [6.07, 6.45) is 4.44. The topological polar surface area (TPSA) is 132 Å². The highest BCUT2D eigenvalue weighted by atomic mass is 35.5. The van der Waals surface area contributed by atoms with Crippen LogP contribution in [0.4, 0.5) is 14.6 Å². The van der Waals surface area contributed by atoms with Crippen LogP contribution in [0.1, 0.15) is 50.8 Å². The van der Waals surface area contributed by atoms with Crippen LogP contribution < -0.4 is 16.4 Å². The molecule has 2 heterocycles. The summed E-state index contributed by atoms with van der Waals surface area (Å²) in [5.74, 6) is -2.99. The average molecular weight is 670 g/mol. The van der Waals surface area contributed by atoms with Crippen LogP contribution in [0.5, 0.6) is 0 Å². The molecule has 14 heteroatoms. The van der Waals surface area contributed by atoms with Crippen molar-refractivity contribution >= 4 is 48.4 Å². The lowest BCUT2D eigenvalue weighted by Gasteiger charge is -2.33. The molecule has 1 fully saturated rings. The van der Waals surface area contributed by atoms with Gasteiger partial charge in [0.1, 0.15) is 12.1 Å². The van der Waals surface area contributed by atoms with Gasteiger partial charge in [-0.15, -0.1) is 24.8 Å². The fourth-order valence-corrected chi connectivity index (χ4v) is 4.68. The Morgan fingerprint density at radius 3 is 2.36 bits per heavy atom. The van der Waals surface area contributed by atoms with Gasteiger partial charge in [-0.05, 0) is 55.9 Å². The van der Waals surface area contributed by atoms with E-state index in [4.69, 9.17) is 10.5 Å². The van der Waals surface area contributed by atoms with E-state index in [9.17, 15) is 23.2 Å². The molecule has 45 heavy (non-hydrogen) atoms. The van der Waals surface area contributed by atoms with Crippen molar-refractivity contribution < 1.29 is 27.9 Å². The number of anilines is 1. The molecule has 0 aliphatic carbocycles. The quantitative estimate of drug-likeness (QED) is 0.280. The first-order valence-corrected chi connectivity index (χ1v) is 14.2. The first kappa shape index (κ1) is 37.6. The number of ether oxygens (including phenoxy) is 1. The molecule has 1 aliphatic heterocycles. The molecule has 0 saturated carbocycles. The number of carbonyl (C=O) groups excluding carboxylic acids is 3. The van der Waals surface area contributed by atoms with Gasteiger partial charge in [0.15, 0.2) is 17.5 Å². The second-order valence-electron chi connectivity index (χ2n) is 11.5. The monoisotopic (exact) mass is 668 g/mol. The molecule has 246 valence electrons. The first-order valence-electron chi connectivity index (χ1n) is 14.2. The fraction of sp³-hybridized carbons (Fsp3) is 0.419. The number of nitrogens with zero attached hydrogens (tertiary/aromatic N) is 3. The van der Waals surface area contributed by atoms with Gasteiger partial charge in [0.25, 0.3) is 5.91 Å². The van der Waals surface area contributed by atoms with E-state index in [1.807, 2.05) is 30.3 Å². The van der Waals surface area contributed by atoms with Crippen LogP contribution in [0.2, 0.25) is 0 Å². The van der Waals surface area contributed by atoms with Crippen molar-refractivity contribution in [3.63, 3.8) is 0 Å². The molecular formula is C31H40Cl2F2N6O4. The van der Waals surface area contributed by atoms with Crippen molar-refractivity contribution in [3.8, 4) is 0 Å². The summed E-state index contributed by atoms with van der Waals surface area (Å²) in [5.41, 5.74) is 5.81. The Morgan fingerprint density at radius 1 is 1.07 bits per heavy atom. The molecular weight excluding hydrogens is 629 g/mol. The van der Waals surface area contributed by atoms with Gasteiger partial charge in [0.05, 0.1) is 25.1 Å². The molecule has 0 spiro atoms. The summed E-state index contributed by atoms with van der Waals surface area (Å²) >= 11 is 0. The summed E-state index contributed by atoms with van der Waals surface area (Å²) in [7, 11) is 0. The zero-order valence-corrected chi connectivity index (χ0v) is 27.0. The molecule has 2 atom stereocenters. The molecule has 4 rings (SSSR count). The predicted octanol–water partition coefficient (Wildman–Crippen LogP) is 4.23. The molecule has 0 radical (unpaired) electrons. The van der Waals surface area contributed by atoms with E-state index >= 15 is 0 Å². The third kappa shape index (κ3) is 10.2. The Hall–Kier alpha value is -3.58. The van der Waals surface area contributed by atoms with Gasteiger partial charge in [-0.3, -0.25) is 14.4 Å². The summed E-state index contributed by atoms with van der Waals surface area (Å²) in [6.45, 7) is 6.31. The molecule has 4 N–H and O–H groups in total. The SMILES string of the molecule is CC1CCN(C(=O)C(c2ccc(F)c(F)c2)n2cnc(NC(=O)[C@@H](COCc3ccccc3)NC(=O)C(C)(C)N)c2)CC1.Cl.Cl. The lowest BCUT2D eigenvalue weighted by Crippen LogP contribution is -2.56. The van der Waals surface area contributed by atoms with E-state index in [0.717, 1.165) is 30.5 Å². The number of benzene rings is 2. The van der Waals surface area contributed by atoms with Crippen molar-refractivity contribution in [1.82, 2.24) is 19.8 Å². The van der Waals surface area contributed by atoms with E-state index in [2.05, 4.69) is 22.5 Å². The van der Waals surface area contributed by atoms with Crippen LogP contribution in [0.15, 0.2) is 61.1 Å². The van der Waals surface area contributed by atoms with E-state index < -0.39 is 41.1 Å². The fourth-order valence-electron chi connectivity index (χ4n) is 4.68. The molecule has 0 bridgehead atoms. The van der Waals surface area contributed by atoms with Crippen LogP contribution >= 0.6 is 24.8 Å². The summed E-state index contributed by atoms with van der Waals surface area (Å²) in [4.78, 5) is 45.5. The van der Waals surface area contributed by atoms with Crippen LogP contribution in [-0.4, -0.2) is 63.4 Å². The van der Waals surface area contributed by atoms with Crippen LogP contribution in [0.3, 0.4) is 0 Å². The molecule has 10 nitrogen and oxygen atoms in total. The maximum atomic E-state index is 14.2. The smallest absolute Gasteiger partial charge is 0.250 e. The van der Waals surface area contributed by atoms with E-state index in [0.29, 0.717) is 19.0 Å². The number of aromatic nitrogens is 2. The third-order valence-electron chi connectivity index (χ3n) is 7.34. The number of nitrogens with one attached hydrogen (secondary N) is 2. The van der Waals surface area contributed by atoms with Gasteiger partial charge in [-0.25, -0.2) is 13.8 Å². The highest BCUT2D eigenvalue weighted by Gasteiger charge is 2.32. The summed E-state index contributed by atoms with van der Waals surface area (Å²) < 4.78 is 35.2. The maximum absolute atomic E-state index is 14.2. The highest BCUT2D eigenvalue weighted by molar-refractivity contribution is 5.98. The number of likely N-dealkylation sites (tertiary alicyclic amines) is 1. The second kappa shape index (κ2) is 16.6. The highest BCUT2D eigenvalue weighted by Crippen LogP contribution is 2.27. The number of amides is 3. The second-order valence-corrected chi connectivity index (χ2v) is 11.5. The lowest BCUT2D eigenvalue weighted by atomic mass is 9.97. The predicted molar refractivity (Wildman–Crippen MR) is 171 cm³/mol. The minimum absolute atomic E-state index is 0. The Bertz CT molecular complexity index is 1430. The normalized spacial score (nSPS) is 14.8. The van der Waals surface area contributed by atoms with Crippen LogP contribution in [0, 0.1) is 17.6 Å². The van der Waals surface area contributed by atoms with Crippen LogP contribution in [-0.2, 0) is 25.7 Å².